The van der Waals surface area contributed by atoms with Crippen LogP contribution in [0.1, 0.15) is 38.7 Å². The molecule has 0 aliphatic carbocycles. The Morgan fingerprint density at radius 2 is 1.86 bits per heavy atom. The van der Waals surface area contributed by atoms with Gasteiger partial charge in [0.15, 0.2) is 5.96 Å². The molecule has 2 atom stereocenters. The van der Waals surface area contributed by atoms with E-state index >= 15 is 0 Å². The van der Waals surface area contributed by atoms with Crippen molar-refractivity contribution >= 4 is 5.96 Å². The van der Waals surface area contributed by atoms with Gasteiger partial charge in [-0.05, 0) is 48.2 Å². The molecule has 0 aromatic heterocycles. The zero-order valence-corrected chi connectivity index (χ0v) is 17.4. The third-order valence-corrected chi connectivity index (χ3v) is 5.90. The minimum atomic E-state index is -0.433. The summed E-state index contributed by atoms with van der Waals surface area (Å²) in [6, 6.07) is 16.7. The third-order valence-electron chi connectivity index (χ3n) is 5.90. The highest BCUT2D eigenvalue weighted by Gasteiger charge is 2.42. The van der Waals surface area contributed by atoms with E-state index in [0.717, 1.165) is 47.4 Å². The van der Waals surface area contributed by atoms with Crippen LogP contribution in [0.25, 0.3) is 11.1 Å². The molecular weight excluding hydrogens is 346 g/mol. The summed E-state index contributed by atoms with van der Waals surface area (Å²) in [5.74, 6) is 1.59. The number of guanidine groups is 1. The molecule has 0 unspecified atom stereocenters. The fourth-order valence-corrected chi connectivity index (χ4v) is 4.03. The van der Waals surface area contributed by atoms with Crippen LogP contribution in [0.3, 0.4) is 0 Å². The first-order valence-corrected chi connectivity index (χ1v) is 9.93. The number of nitrogens with zero attached hydrogens (tertiary/aromatic N) is 2. The average Bonchev–Trinajstić information content (AvgIpc) is 2.72. The highest BCUT2D eigenvalue weighted by molar-refractivity contribution is 5.81. The van der Waals surface area contributed by atoms with Crippen LogP contribution in [-0.2, 0) is 5.54 Å². The van der Waals surface area contributed by atoms with Gasteiger partial charge in [0, 0.05) is 18.7 Å². The third kappa shape index (κ3) is 3.64. The molecule has 1 heterocycles. The van der Waals surface area contributed by atoms with Crippen LogP contribution in [0.2, 0.25) is 0 Å². The Morgan fingerprint density at radius 3 is 2.54 bits per heavy atom. The number of hydrogen-bond donors (Lipinski definition) is 1. The van der Waals surface area contributed by atoms with Crippen molar-refractivity contribution in [1.29, 1.82) is 0 Å². The fourth-order valence-electron chi connectivity index (χ4n) is 4.03. The molecule has 0 bridgehead atoms. The molecule has 2 N–H and O–H groups in total. The second kappa shape index (κ2) is 8.09. The molecular formula is C24H31N3O. The molecule has 4 heteroatoms. The minimum absolute atomic E-state index is 0.213. The summed E-state index contributed by atoms with van der Waals surface area (Å²) >= 11 is 0. The average molecular weight is 378 g/mol. The standard InChI is InChI=1S/C24H31N3O/c1-6-7-14-22-17(2)27(4)23(25)26-24(22,3)20-12-8-10-18(15-20)19-11-9-13-21(16-19)28-5/h8-13,15-16,22H,2,6-7,14H2,1,3-5H3,(H2,25,26)/t22-,24+/m0/s1. The van der Waals surface area contributed by atoms with E-state index in [4.69, 9.17) is 15.5 Å². The lowest BCUT2D eigenvalue weighted by Crippen LogP contribution is -2.48. The number of unbranched alkanes of at least 4 members (excludes halogenated alkanes) is 1. The van der Waals surface area contributed by atoms with Gasteiger partial charge >= 0.3 is 0 Å². The lowest BCUT2D eigenvalue weighted by atomic mass is 9.74. The van der Waals surface area contributed by atoms with Crippen molar-refractivity contribution in [1.82, 2.24) is 4.90 Å². The zero-order chi connectivity index (χ0) is 20.3. The first-order valence-electron chi connectivity index (χ1n) is 9.93. The molecule has 0 radical (unpaired) electrons. The van der Waals surface area contributed by atoms with Gasteiger partial charge < -0.3 is 15.4 Å². The van der Waals surface area contributed by atoms with Gasteiger partial charge in [0.2, 0.25) is 0 Å². The molecule has 1 aliphatic heterocycles. The Kier molecular flexibility index (Phi) is 5.78. The molecule has 0 amide bonds. The largest absolute Gasteiger partial charge is 0.497 e. The van der Waals surface area contributed by atoms with Crippen molar-refractivity contribution < 1.29 is 4.74 Å². The van der Waals surface area contributed by atoms with Gasteiger partial charge in [0.25, 0.3) is 0 Å². The van der Waals surface area contributed by atoms with Gasteiger partial charge in [-0.15, -0.1) is 0 Å². The van der Waals surface area contributed by atoms with E-state index < -0.39 is 5.54 Å². The van der Waals surface area contributed by atoms with Crippen molar-refractivity contribution in [3.8, 4) is 16.9 Å². The Bertz CT molecular complexity index is 889. The first kappa shape index (κ1) is 20.0. The number of ether oxygens (including phenoxy) is 1. The first-order chi connectivity index (χ1) is 13.4. The van der Waals surface area contributed by atoms with Crippen LogP contribution >= 0.6 is 0 Å². The maximum absolute atomic E-state index is 6.26. The molecule has 2 aromatic rings. The van der Waals surface area contributed by atoms with Crippen molar-refractivity contribution in [2.45, 2.75) is 38.6 Å². The van der Waals surface area contributed by atoms with Crippen LogP contribution in [0.5, 0.6) is 5.75 Å². The molecule has 28 heavy (non-hydrogen) atoms. The molecule has 0 saturated carbocycles. The fraction of sp³-hybridized carbons (Fsp3) is 0.375. The van der Waals surface area contributed by atoms with Gasteiger partial charge in [0.1, 0.15) is 5.75 Å². The summed E-state index contributed by atoms with van der Waals surface area (Å²) in [5.41, 5.74) is 10.3. The summed E-state index contributed by atoms with van der Waals surface area (Å²) in [5, 5.41) is 0. The van der Waals surface area contributed by atoms with Crippen molar-refractivity contribution in [3.63, 3.8) is 0 Å². The van der Waals surface area contributed by atoms with E-state index in [9.17, 15) is 0 Å². The monoisotopic (exact) mass is 377 g/mol. The number of benzene rings is 2. The van der Waals surface area contributed by atoms with Gasteiger partial charge in [-0.1, -0.05) is 56.7 Å². The quantitative estimate of drug-likeness (QED) is 0.757. The Hall–Kier alpha value is -2.75. The summed E-state index contributed by atoms with van der Waals surface area (Å²) in [6.07, 6.45) is 3.32. The molecule has 2 aromatic carbocycles. The van der Waals surface area contributed by atoms with Gasteiger partial charge in [-0.3, -0.25) is 0 Å². The molecule has 0 fully saturated rings. The smallest absolute Gasteiger partial charge is 0.196 e. The Morgan fingerprint density at radius 1 is 1.18 bits per heavy atom. The maximum Gasteiger partial charge on any atom is 0.196 e. The van der Waals surface area contributed by atoms with E-state index in [0.29, 0.717) is 5.96 Å². The van der Waals surface area contributed by atoms with Crippen LogP contribution < -0.4 is 10.5 Å². The van der Waals surface area contributed by atoms with Crippen molar-refractivity contribution in [2.75, 3.05) is 14.2 Å². The predicted octanol–water partition coefficient (Wildman–Crippen LogP) is 5.16. The molecule has 0 saturated heterocycles. The van der Waals surface area contributed by atoms with Crippen LogP contribution in [0, 0.1) is 5.92 Å². The Balaban J connectivity index is 2.07. The molecule has 1 aliphatic rings. The summed E-state index contributed by atoms with van der Waals surface area (Å²) in [6.45, 7) is 8.75. The summed E-state index contributed by atoms with van der Waals surface area (Å²) in [7, 11) is 3.64. The Labute approximate surface area is 168 Å². The van der Waals surface area contributed by atoms with E-state index in [1.807, 2.05) is 24.1 Å². The van der Waals surface area contributed by atoms with Gasteiger partial charge in [-0.25, -0.2) is 4.99 Å². The normalized spacial score (nSPS) is 22.1. The van der Waals surface area contributed by atoms with E-state index in [1.165, 1.54) is 0 Å². The number of methoxy groups -OCH3 is 1. The van der Waals surface area contributed by atoms with Crippen LogP contribution in [0.15, 0.2) is 65.8 Å². The number of rotatable bonds is 6. The van der Waals surface area contributed by atoms with Gasteiger partial charge in [0.05, 0.1) is 12.6 Å². The van der Waals surface area contributed by atoms with Crippen LogP contribution in [-0.4, -0.2) is 25.0 Å². The lowest BCUT2D eigenvalue weighted by molar-refractivity contribution is 0.261. The van der Waals surface area contributed by atoms with Gasteiger partial charge in [-0.2, -0.15) is 0 Å². The summed E-state index contributed by atoms with van der Waals surface area (Å²) < 4.78 is 5.39. The van der Waals surface area contributed by atoms with Crippen molar-refractivity contribution in [3.05, 3.63) is 66.4 Å². The molecule has 4 nitrogen and oxygen atoms in total. The highest BCUT2D eigenvalue weighted by atomic mass is 16.5. The SMILES string of the molecule is C=C1[C@H](CCCC)[C@@](C)(c2cccc(-c3cccc(OC)c3)c2)N=C(N)N1C. The zero-order valence-electron chi connectivity index (χ0n) is 17.4. The number of nitrogens with two attached hydrogens (primary N) is 1. The molecule has 3 rings (SSSR count). The van der Waals surface area contributed by atoms with Crippen molar-refractivity contribution in [2.24, 2.45) is 16.6 Å². The molecule has 148 valence electrons. The minimum Gasteiger partial charge on any atom is -0.497 e. The van der Waals surface area contributed by atoms with E-state index in [2.05, 4.69) is 56.8 Å². The molecule has 0 spiro atoms. The second-order valence-corrected chi connectivity index (χ2v) is 7.68. The second-order valence-electron chi connectivity index (χ2n) is 7.68. The maximum atomic E-state index is 6.26. The van der Waals surface area contributed by atoms with E-state index in [-0.39, 0.29) is 5.92 Å². The predicted molar refractivity (Wildman–Crippen MR) is 117 cm³/mol. The number of aliphatic imine (C=N–C) groups is 1. The topological polar surface area (TPSA) is 50.9 Å². The lowest BCUT2D eigenvalue weighted by Gasteiger charge is -2.44. The number of hydrogen-bond acceptors (Lipinski definition) is 4. The summed E-state index contributed by atoms with van der Waals surface area (Å²) in [4.78, 5) is 6.88. The van der Waals surface area contributed by atoms with E-state index in [1.54, 1.807) is 7.11 Å². The van der Waals surface area contributed by atoms with Crippen LogP contribution in [0.4, 0.5) is 0 Å². The highest BCUT2D eigenvalue weighted by Crippen LogP contribution is 2.44.